The van der Waals surface area contributed by atoms with Crippen LogP contribution in [0.2, 0.25) is 0 Å². The van der Waals surface area contributed by atoms with E-state index in [0.29, 0.717) is 32.7 Å². The predicted molar refractivity (Wildman–Crippen MR) is 64.7 cm³/mol. The first-order valence-corrected chi connectivity index (χ1v) is 5.92. The number of ether oxygens (including phenoxy) is 1. The van der Waals surface area contributed by atoms with Crippen molar-refractivity contribution in [2.24, 2.45) is 0 Å². The summed E-state index contributed by atoms with van der Waals surface area (Å²) >= 11 is 0. The van der Waals surface area contributed by atoms with Gasteiger partial charge in [0.05, 0.1) is 6.54 Å². The van der Waals surface area contributed by atoms with Crippen LogP contribution >= 0.6 is 0 Å². The molecule has 1 aliphatic rings. The van der Waals surface area contributed by atoms with Crippen molar-refractivity contribution in [1.82, 2.24) is 20.4 Å². The molecule has 8 nitrogen and oxygen atoms in total. The molecule has 0 bridgehead atoms. The van der Waals surface area contributed by atoms with E-state index in [0.717, 1.165) is 0 Å². The first-order valence-electron chi connectivity index (χ1n) is 5.92. The summed E-state index contributed by atoms with van der Waals surface area (Å²) < 4.78 is 4.78. The summed E-state index contributed by atoms with van der Waals surface area (Å²) in [6.45, 7) is 1.97. The third-order valence-electron chi connectivity index (χ3n) is 2.65. The second kappa shape index (κ2) is 5.98. The van der Waals surface area contributed by atoms with Gasteiger partial charge in [0.15, 0.2) is 0 Å². The van der Waals surface area contributed by atoms with E-state index >= 15 is 0 Å². The predicted octanol–water partition coefficient (Wildman–Crippen LogP) is -0.658. The van der Waals surface area contributed by atoms with Crippen molar-refractivity contribution < 1.29 is 14.3 Å². The fourth-order valence-corrected chi connectivity index (χ4v) is 1.66. The highest BCUT2D eigenvalue weighted by atomic mass is 16.6. The molecule has 102 valence electrons. The molecular weight excluding hydrogens is 252 g/mol. The fraction of sp³-hybridized carbons (Fsp3) is 0.455. The molecule has 0 unspecified atom stereocenters. The van der Waals surface area contributed by atoms with E-state index in [1.807, 2.05) is 0 Å². The Kier molecular flexibility index (Phi) is 4.11. The van der Waals surface area contributed by atoms with Crippen LogP contribution in [0.1, 0.15) is 16.9 Å². The molecule has 2 N–H and O–H groups in total. The van der Waals surface area contributed by atoms with Gasteiger partial charge in [-0.1, -0.05) is 0 Å². The van der Waals surface area contributed by atoms with Gasteiger partial charge in [-0.3, -0.25) is 9.59 Å². The smallest absolute Gasteiger partial charge is 0.409 e. The molecule has 8 heteroatoms. The number of amides is 2. The maximum Gasteiger partial charge on any atom is 0.409 e. The molecule has 1 saturated heterocycles. The third-order valence-corrected chi connectivity index (χ3v) is 2.65. The molecule has 2 amide bonds. The Morgan fingerprint density at radius 3 is 2.95 bits per heavy atom. The van der Waals surface area contributed by atoms with Crippen molar-refractivity contribution >= 4 is 12.0 Å². The van der Waals surface area contributed by atoms with Crippen molar-refractivity contribution in [2.45, 2.75) is 6.42 Å². The summed E-state index contributed by atoms with van der Waals surface area (Å²) in [6.07, 6.45) is 0.318. The highest BCUT2D eigenvalue weighted by molar-refractivity contribution is 5.91. The van der Waals surface area contributed by atoms with Crippen LogP contribution in [-0.4, -0.2) is 53.3 Å². The number of nitrogens with zero attached hydrogens (tertiary/aromatic N) is 2. The minimum absolute atomic E-state index is 0.153. The Labute approximate surface area is 108 Å². The van der Waals surface area contributed by atoms with E-state index in [-0.39, 0.29) is 23.3 Å². The average Bonchev–Trinajstić information content (AvgIpc) is 2.81. The second-order valence-corrected chi connectivity index (χ2v) is 4.02. The molecule has 0 radical (unpaired) electrons. The average molecular weight is 266 g/mol. The topological polar surface area (TPSA) is 104 Å². The molecule has 1 aromatic rings. The largest absolute Gasteiger partial charge is 0.448 e. The maximum atomic E-state index is 11.6. The van der Waals surface area contributed by atoms with Gasteiger partial charge in [0.1, 0.15) is 12.3 Å². The number of cyclic esters (lactones) is 1. The quantitative estimate of drug-likeness (QED) is 0.688. The number of aromatic nitrogens is 2. The standard InChI is InChI=1S/C11H14N4O4/c16-9-3-2-8(13-14-9)10(17)12-4-1-5-15-6-7-19-11(15)18/h2-3H,1,4-7H2,(H,12,17)(H,14,16). The lowest BCUT2D eigenvalue weighted by atomic mass is 10.3. The summed E-state index contributed by atoms with van der Waals surface area (Å²) in [4.78, 5) is 35.1. The summed E-state index contributed by atoms with van der Waals surface area (Å²) in [7, 11) is 0. The number of carbonyl (C=O) groups is 2. The zero-order valence-electron chi connectivity index (χ0n) is 10.2. The van der Waals surface area contributed by atoms with Crippen LogP contribution in [0.15, 0.2) is 16.9 Å². The van der Waals surface area contributed by atoms with Gasteiger partial charge in [-0.15, -0.1) is 0 Å². The van der Waals surface area contributed by atoms with Gasteiger partial charge < -0.3 is 15.0 Å². The number of aromatic amines is 1. The van der Waals surface area contributed by atoms with E-state index in [2.05, 4.69) is 15.5 Å². The Morgan fingerprint density at radius 2 is 2.32 bits per heavy atom. The Hall–Kier alpha value is -2.38. The molecule has 1 aliphatic heterocycles. The molecule has 19 heavy (non-hydrogen) atoms. The second-order valence-electron chi connectivity index (χ2n) is 4.02. The zero-order chi connectivity index (χ0) is 13.7. The van der Waals surface area contributed by atoms with E-state index in [9.17, 15) is 14.4 Å². The molecule has 1 fully saturated rings. The lowest BCUT2D eigenvalue weighted by Gasteiger charge is -2.12. The fourth-order valence-electron chi connectivity index (χ4n) is 1.66. The number of nitrogens with one attached hydrogen (secondary N) is 2. The van der Waals surface area contributed by atoms with Crippen LogP contribution in [0.4, 0.5) is 4.79 Å². The Morgan fingerprint density at radius 1 is 1.47 bits per heavy atom. The minimum Gasteiger partial charge on any atom is -0.448 e. The molecule has 0 aliphatic carbocycles. The Balaban J connectivity index is 1.70. The van der Waals surface area contributed by atoms with Crippen molar-refractivity contribution in [3.05, 3.63) is 28.2 Å². The first-order chi connectivity index (χ1) is 9.16. The minimum atomic E-state index is -0.361. The number of H-pyrrole nitrogens is 1. The number of rotatable bonds is 5. The molecule has 0 saturated carbocycles. The highest BCUT2D eigenvalue weighted by Gasteiger charge is 2.20. The van der Waals surface area contributed by atoms with Gasteiger partial charge in [-0.25, -0.2) is 9.89 Å². The molecule has 1 aromatic heterocycles. The van der Waals surface area contributed by atoms with Crippen LogP contribution in [0.3, 0.4) is 0 Å². The van der Waals surface area contributed by atoms with Crippen molar-refractivity contribution in [3.8, 4) is 0 Å². The van der Waals surface area contributed by atoms with Gasteiger partial charge in [0.2, 0.25) is 0 Å². The number of hydrogen-bond donors (Lipinski definition) is 2. The summed E-state index contributed by atoms with van der Waals surface area (Å²) in [5, 5.41) is 8.45. The highest BCUT2D eigenvalue weighted by Crippen LogP contribution is 2.03. The SMILES string of the molecule is O=C(NCCCN1CCOC1=O)c1ccc(=O)[nH]n1. The molecule has 0 aromatic carbocycles. The van der Waals surface area contributed by atoms with E-state index in [1.54, 1.807) is 4.90 Å². The Bertz CT molecular complexity index is 507. The molecule has 0 spiro atoms. The van der Waals surface area contributed by atoms with E-state index in [4.69, 9.17) is 4.74 Å². The summed E-state index contributed by atoms with van der Waals surface area (Å²) in [5.74, 6) is -0.361. The monoisotopic (exact) mass is 266 g/mol. The summed E-state index contributed by atoms with van der Waals surface area (Å²) in [5.41, 5.74) is -0.204. The number of hydrogen-bond acceptors (Lipinski definition) is 5. The normalized spacial score (nSPS) is 14.3. The lowest BCUT2D eigenvalue weighted by Crippen LogP contribution is -2.31. The molecule has 0 atom stereocenters. The van der Waals surface area contributed by atoms with Gasteiger partial charge >= 0.3 is 6.09 Å². The summed E-state index contributed by atoms with van der Waals surface area (Å²) in [6, 6.07) is 2.59. The van der Waals surface area contributed by atoms with E-state index < -0.39 is 0 Å². The third kappa shape index (κ3) is 3.54. The van der Waals surface area contributed by atoms with Crippen molar-refractivity contribution in [2.75, 3.05) is 26.2 Å². The van der Waals surface area contributed by atoms with Gasteiger partial charge in [0.25, 0.3) is 11.5 Å². The van der Waals surface area contributed by atoms with Crippen molar-refractivity contribution in [3.63, 3.8) is 0 Å². The van der Waals surface area contributed by atoms with Crippen LogP contribution in [0.25, 0.3) is 0 Å². The van der Waals surface area contributed by atoms with Crippen LogP contribution in [0.5, 0.6) is 0 Å². The van der Waals surface area contributed by atoms with E-state index in [1.165, 1.54) is 12.1 Å². The van der Waals surface area contributed by atoms with Crippen LogP contribution in [0, 0.1) is 0 Å². The molecule has 2 heterocycles. The van der Waals surface area contributed by atoms with Gasteiger partial charge in [0, 0.05) is 19.2 Å². The molecular formula is C11H14N4O4. The van der Waals surface area contributed by atoms with Gasteiger partial charge in [-0.05, 0) is 12.5 Å². The van der Waals surface area contributed by atoms with Gasteiger partial charge in [-0.2, -0.15) is 5.10 Å². The maximum absolute atomic E-state index is 11.6. The lowest BCUT2D eigenvalue weighted by molar-refractivity contribution is 0.0946. The number of carbonyl (C=O) groups excluding carboxylic acids is 2. The van der Waals surface area contributed by atoms with Crippen LogP contribution < -0.4 is 10.9 Å². The van der Waals surface area contributed by atoms with Crippen LogP contribution in [-0.2, 0) is 4.74 Å². The van der Waals surface area contributed by atoms with Crippen molar-refractivity contribution in [1.29, 1.82) is 0 Å². The molecule has 2 rings (SSSR count). The zero-order valence-corrected chi connectivity index (χ0v) is 10.2. The first kappa shape index (κ1) is 13.1.